The van der Waals surface area contributed by atoms with E-state index in [-0.39, 0.29) is 6.61 Å². The van der Waals surface area contributed by atoms with Gasteiger partial charge in [0.05, 0.1) is 13.2 Å². The molecule has 0 aliphatic carbocycles. The molecule has 6 nitrogen and oxygen atoms in total. The predicted molar refractivity (Wildman–Crippen MR) is 78.3 cm³/mol. The average molecular weight is 279 g/mol. The molecule has 1 aromatic rings. The van der Waals surface area contributed by atoms with Crippen LogP contribution < -0.4 is 5.32 Å². The summed E-state index contributed by atoms with van der Waals surface area (Å²) in [5.41, 5.74) is 0.823. The van der Waals surface area contributed by atoms with E-state index in [1.807, 2.05) is 0 Å². The van der Waals surface area contributed by atoms with Crippen LogP contribution in [0.4, 0.5) is 10.6 Å². The highest BCUT2D eigenvalue weighted by Crippen LogP contribution is 2.15. The summed E-state index contributed by atoms with van der Waals surface area (Å²) in [7, 11) is 0. The van der Waals surface area contributed by atoms with E-state index in [4.69, 9.17) is 9.84 Å². The molecule has 0 radical (unpaired) electrons. The number of anilines is 1. The van der Waals surface area contributed by atoms with Crippen molar-refractivity contribution in [2.24, 2.45) is 4.99 Å². The van der Waals surface area contributed by atoms with Gasteiger partial charge in [0, 0.05) is 17.5 Å². The Morgan fingerprint density at radius 1 is 1.50 bits per heavy atom. The number of ether oxygens (including phenoxy) is 1. The minimum Gasteiger partial charge on any atom is -0.444 e. The van der Waals surface area contributed by atoms with Crippen LogP contribution in [0, 0.1) is 0 Å². The summed E-state index contributed by atoms with van der Waals surface area (Å²) >= 11 is 0. The quantitative estimate of drug-likeness (QED) is 0.828. The number of nitrogens with one attached hydrogen (secondary N) is 1. The highest BCUT2D eigenvalue weighted by molar-refractivity contribution is 6.04. The van der Waals surface area contributed by atoms with Crippen LogP contribution >= 0.6 is 0 Å². The Bertz CT molecular complexity index is 493. The maximum atomic E-state index is 11.8. The zero-order valence-electron chi connectivity index (χ0n) is 12.3. The van der Waals surface area contributed by atoms with E-state index in [1.54, 1.807) is 46.0 Å². The second-order valence-electron chi connectivity index (χ2n) is 5.22. The second-order valence-corrected chi connectivity index (χ2v) is 5.22. The summed E-state index contributed by atoms with van der Waals surface area (Å²) in [6.07, 6.45) is 1.02. The summed E-state index contributed by atoms with van der Waals surface area (Å²) in [5, 5.41) is 11.4. The number of aliphatic imine (C=N–C) groups is 1. The van der Waals surface area contributed by atoms with Crippen molar-refractivity contribution in [2.75, 3.05) is 18.5 Å². The molecule has 110 valence electrons. The van der Waals surface area contributed by atoms with E-state index in [0.29, 0.717) is 23.6 Å². The zero-order valence-corrected chi connectivity index (χ0v) is 12.3. The van der Waals surface area contributed by atoms with E-state index in [9.17, 15) is 4.79 Å². The van der Waals surface area contributed by atoms with Crippen molar-refractivity contribution in [1.29, 1.82) is 0 Å². The molecule has 20 heavy (non-hydrogen) atoms. The fourth-order valence-electron chi connectivity index (χ4n) is 1.50. The monoisotopic (exact) mass is 279 g/mol. The number of rotatable bonds is 4. The third kappa shape index (κ3) is 5.36. The molecule has 1 rings (SSSR count). The first kappa shape index (κ1) is 16.1. The van der Waals surface area contributed by atoms with Gasteiger partial charge in [-0.2, -0.15) is 0 Å². The Labute approximate surface area is 118 Å². The van der Waals surface area contributed by atoms with Crippen LogP contribution in [0.3, 0.4) is 0 Å². The van der Waals surface area contributed by atoms with Gasteiger partial charge in [-0.25, -0.2) is 9.78 Å². The van der Waals surface area contributed by atoms with E-state index in [0.717, 1.165) is 0 Å². The third-order valence-corrected chi connectivity index (χ3v) is 2.27. The molecule has 0 fully saturated rings. The molecular weight excluding hydrogens is 258 g/mol. The normalized spacial score (nSPS) is 12.2. The van der Waals surface area contributed by atoms with Gasteiger partial charge < -0.3 is 9.84 Å². The van der Waals surface area contributed by atoms with Crippen molar-refractivity contribution < 1.29 is 14.6 Å². The molecule has 0 saturated heterocycles. The summed E-state index contributed by atoms with van der Waals surface area (Å²) in [6, 6.07) is 3.56. The Balaban J connectivity index is 2.88. The largest absolute Gasteiger partial charge is 0.444 e. The summed E-state index contributed by atoms with van der Waals surface area (Å²) in [4.78, 5) is 20.1. The van der Waals surface area contributed by atoms with Crippen molar-refractivity contribution in [1.82, 2.24) is 4.98 Å². The van der Waals surface area contributed by atoms with Crippen molar-refractivity contribution >= 4 is 17.6 Å². The van der Waals surface area contributed by atoms with Gasteiger partial charge >= 0.3 is 6.09 Å². The van der Waals surface area contributed by atoms with Crippen LogP contribution in [0.2, 0.25) is 0 Å². The first-order valence-electron chi connectivity index (χ1n) is 6.41. The van der Waals surface area contributed by atoms with E-state index in [1.165, 1.54) is 0 Å². The number of nitrogens with zero attached hydrogens (tertiary/aromatic N) is 2. The average Bonchev–Trinajstić information content (AvgIpc) is 2.34. The highest BCUT2D eigenvalue weighted by Gasteiger charge is 2.18. The number of hydrogen-bond acceptors (Lipinski definition) is 5. The van der Waals surface area contributed by atoms with Gasteiger partial charge in [0.2, 0.25) is 0 Å². The van der Waals surface area contributed by atoms with Gasteiger partial charge in [-0.3, -0.25) is 10.3 Å². The highest BCUT2D eigenvalue weighted by atomic mass is 16.6. The summed E-state index contributed by atoms with van der Waals surface area (Å²) < 4.78 is 5.19. The minimum absolute atomic E-state index is 0.0214. The van der Waals surface area contributed by atoms with Gasteiger partial charge in [-0.1, -0.05) is 0 Å². The summed E-state index contributed by atoms with van der Waals surface area (Å²) in [5.74, 6) is 0.390. The SMILES string of the molecule is C/C(=N/CCO)c1cccnc1NC(=O)OC(C)(C)C. The summed E-state index contributed by atoms with van der Waals surface area (Å²) in [6.45, 7) is 7.46. The lowest BCUT2D eigenvalue weighted by atomic mass is 10.1. The van der Waals surface area contributed by atoms with Gasteiger partial charge in [-0.05, 0) is 39.8 Å². The molecule has 0 aliphatic rings. The topological polar surface area (TPSA) is 83.8 Å². The lowest BCUT2D eigenvalue weighted by molar-refractivity contribution is 0.0635. The third-order valence-electron chi connectivity index (χ3n) is 2.27. The fourth-order valence-corrected chi connectivity index (χ4v) is 1.50. The number of hydrogen-bond donors (Lipinski definition) is 2. The number of aromatic nitrogens is 1. The lowest BCUT2D eigenvalue weighted by Gasteiger charge is -2.20. The first-order valence-corrected chi connectivity index (χ1v) is 6.41. The van der Waals surface area contributed by atoms with E-state index < -0.39 is 11.7 Å². The molecule has 0 spiro atoms. The lowest BCUT2D eigenvalue weighted by Crippen LogP contribution is -2.28. The van der Waals surface area contributed by atoms with Crippen molar-refractivity contribution in [3.05, 3.63) is 23.9 Å². The number of pyridine rings is 1. The van der Waals surface area contributed by atoms with Crippen LogP contribution in [-0.4, -0.2) is 40.6 Å². The minimum atomic E-state index is -0.570. The number of aliphatic hydroxyl groups excluding tert-OH is 1. The van der Waals surface area contributed by atoms with E-state index >= 15 is 0 Å². The molecule has 0 aliphatic heterocycles. The molecule has 1 aromatic heterocycles. The zero-order chi connectivity index (χ0) is 15.2. The molecule has 6 heteroatoms. The number of carbonyl (C=O) groups excluding carboxylic acids is 1. The molecule has 0 bridgehead atoms. The van der Waals surface area contributed by atoms with Crippen molar-refractivity contribution in [3.8, 4) is 0 Å². The molecular formula is C14H21N3O3. The molecule has 2 N–H and O–H groups in total. The van der Waals surface area contributed by atoms with Crippen LogP contribution in [-0.2, 0) is 4.74 Å². The molecule has 1 heterocycles. The van der Waals surface area contributed by atoms with Crippen LogP contribution in [0.1, 0.15) is 33.3 Å². The van der Waals surface area contributed by atoms with Crippen molar-refractivity contribution in [2.45, 2.75) is 33.3 Å². The molecule has 0 saturated carbocycles. The first-order chi connectivity index (χ1) is 9.33. The van der Waals surface area contributed by atoms with Gasteiger partial charge in [0.1, 0.15) is 11.4 Å². The molecule has 0 atom stereocenters. The number of carbonyl (C=O) groups is 1. The Kier molecular flexibility index (Phi) is 5.64. The Morgan fingerprint density at radius 2 is 2.20 bits per heavy atom. The van der Waals surface area contributed by atoms with E-state index in [2.05, 4.69) is 15.3 Å². The van der Waals surface area contributed by atoms with Gasteiger partial charge in [-0.15, -0.1) is 0 Å². The molecule has 0 unspecified atom stereocenters. The van der Waals surface area contributed by atoms with Crippen LogP contribution in [0.25, 0.3) is 0 Å². The second kappa shape index (κ2) is 7.00. The maximum Gasteiger partial charge on any atom is 0.413 e. The molecule has 1 amide bonds. The maximum absolute atomic E-state index is 11.8. The smallest absolute Gasteiger partial charge is 0.413 e. The van der Waals surface area contributed by atoms with Gasteiger partial charge in [0.25, 0.3) is 0 Å². The standard InChI is InChI=1S/C14H21N3O3/c1-10(15-8-9-18)11-6-5-7-16-12(11)17-13(19)20-14(2,3)4/h5-7,18H,8-9H2,1-4H3,(H,16,17,19)/b15-10-. The van der Waals surface area contributed by atoms with Crippen LogP contribution in [0.15, 0.2) is 23.3 Å². The fraction of sp³-hybridized carbons (Fsp3) is 0.500. The number of aliphatic hydroxyl groups is 1. The molecule has 0 aromatic carbocycles. The van der Waals surface area contributed by atoms with Crippen LogP contribution in [0.5, 0.6) is 0 Å². The Hall–Kier alpha value is -1.95. The van der Waals surface area contributed by atoms with Crippen molar-refractivity contribution in [3.63, 3.8) is 0 Å². The predicted octanol–water partition coefficient (Wildman–Crippen LogP) is 2.23. The number of amides is 1. The Morgan fingerprint density at radius 3 is 2.80 bits per heavy atom. The van der Waals surface area contributed by atoms with Gasteiger partial charge in [0.15, 0.2) is 0 Å².